The molecule has 1 amide bonds. The number of aliphatic hydroxyl groups excluding tert-OH is 2. The number of esters is 1. The Labute approximate surface area is 438 Å². The number of hydrogen-bond acceptors (Lipinski definition) is 5. The molecule has 0 saturated heterocycles. The summed E-state index contributed by atoms with van der Waals surface area (Å²) in [6.07, 6.45) is 72.2. The largest absolute Gasteiger partial charge is 0.466 e. The standard InChI is InChI=1S/C64H125NO5/c1-3-5-7-9-11-13-15-17-19-21-22-23-24-25-26-27-28-32-36-40-44-48-52-56-62(67)61(60-66)65-63(68)57-53-49-45-41-37-33-30-31-35-39-43-47-51-55-59-70-64(69)58-54-50-46-42-38-34-29-20-18-16-14-12-10-8-6-4-2/h20,29,61-62,66-67H,3-19,21-28,30-60H2,1-2H3,(H,65,68)/b29-20-. The minimum absolute atomic E-state index is 0.00814. The van der Waals surface area contributed by atoms with Crippen LogP contribution in [0.15, 0.2) is 12.2 Å². The maximum absolute atomic E-state index is 12.5. The zero-order chi connectivity index (χ0) is 50.7. The molecule has 0 aromatic carbocycles. The van der Waals surface area contributed by atoms with Gasteiger partial charge in [-0.2, -0.15) is 0 Å². The van der Waals surface area contributed by atoms with Crippen LogP contribution >= 0.6 is 0 Å². The molecule has 6 heteroatoms. The highest BCUT2D eigenvalue weighted by Crippen LogP contribution is 2.18. The molecule has 0 saturated carbocycles. The Morgan fingerprint density at radius 2 is 0.671 bits per heavy atom. The second kappa shape index (κ2) is 60.2. The van der Waals surface area contributed by atoms with Gasteiger partial charge in [-0.05, 0) is 51.4 Å². The van der Waals surface area contributed by atoms with Crippen molar-refractivity contribution in [2.24, 2.45) is 0 Å². The Bertz CT molecular complexity index is 1050. The highest BCUT2D eigenvalue weighted by molar-refractivity contribution is 5.76. The minimum Gasteiger partial charge on any atom is -0.466 e. The Morgan fingerprint density at radius 3 is 1.01 bits per heavy atom. The number of unbranched alkanes of at least 4 members (excludes halogenated alkanes) is 47. The Kier molecular flexibility index (Phi) is 59.0. The minimum atomic E-state index is -0.672. The maximum atomic E-state index is 12.5. The number of hydrogen-bond donors (Lipinski definition) is 3. The third-order valence-electron chi connectivity index (χ3n) is 15.1. The van der Waals surface area contributed by atoms with Gasteiger partial charge in [0.05, 0.1) is 25.4 Å². The van der Waals surface area contributed by atoms with Crippen LogP contribution < -0.4 is 5.32 Å². The van der Waals surface area contributed by atoms with E-state index in [1.807, 2.05) is 0 Å². The van der Waals surface area contributed by atoms with Crippen LogP contribution in [0.1, 0.15) is 361 Å². The predicted molar refractivity (Wildman–Crippen MR) is 306 cm³/mol. The van der Waals surface area contributed by atoms with Crippen LogP contribution in [-0.2, 0) is 14.3 Å². The second-order valence-electron chi connectivity index (χ2n) is 22.1. The fourth-order valence-electron chi connectivity index (χ4n) is 10.2. The molecule has 0 heterocycles. The van der Waals surface area contributed by atoms with Crippen molar-refractivity contribution in [3.05, 3.63) is 12.2 Å². The van der Waals surface area contributed by atoms with Gasteiger partial charge in [0, 0.05) is 12.8 Å². The van der Waals surface area contributed by atoms with Gasteiger partial charge in [-0.25, -0.2) is 0 Å². The van der Waals surface area contributed by atoms with Crippen LogP contribution in [0, 0.1) is 0 Å². The zero-order valence-corrected chi connectivity index (χ0v) is 47.5. The van der Waals surface area contributed by atoms with E-state index in [1.165, 1.54) is 276 Å². The van der Waals surface area contributed by atoms with E-state index in [-0.39, 0.29) is 18.5 Å². The third kappa shape index (κ3) is 55.9. The maximum Gasteiger partial charge on any atom is 0.305 e. The number of nitrogens with one attached hydrogen (secondary N) is 1. The van der Waals surface area contributed by atoms with Gasteiger partial charge in [-0.3, -0.25) is 9.59 Å². The molecule has 6 nitrogen and oxygen atoms in total. The quantitative estimate of drug-likeness (QED) is 0.0321. The molecule has 0 bridgehead atoms. The van der Waals surface area contributed by atoms with Crippen molar-refractivity contribution in [3.8, 4) is 0 Å². The Morgan fingerprint density at radius 1 is 0.386 bits per heavy atom. The van der Waals surface area contributed by atoms with Crippen LogP contribution in [0.5, 0.6) is 0 Å². The summed E-state index contributed by atoms with van der Waals surface area (Å²) < 4.78 is 5.48. The monoisotopic (exact) mass is 988 g/mol. The van der Waals surface area contributed by atoms with E-state index in [0.29, 0.717) is 25.9 Å². The first kappa shape index (κ1) is 68.6. The van der Waals surface area contributed by atoms with Gasteiger partial charge in [-0.15, -0.1) is 0 Å². The SMILES string of the molecule is CCCCCCCCC/C=C\CCCCCCCC(=O)OCCCCCCCCCCCCCCCCC(=O)NC(CO)C(O)CCCCCCCCCCCCCCCCCCCCCCCCC. The van der Waals surface area contributed by atoms with Gasteiger partial charge < -0.3 is 20.3 Å². The molecule has 416 valence electrons. The molecule has 2 atom stereocenters. The molecule has 0 fully saturated rings. The van der Waals surface area contributed by atoms with Gasteiger partial charge >= 0.3 is 5.97 Å². The van der Waals surface area contributed by atoms with E-state index >= 15 is 0 Å². The second-order valence-corrected chi connectivity index (χ2v) is 22.1. The molecule has 0 aliphatic heterocycles. The van der Waals surface area contributed by atoms with E-state index < -0.39 is 12.1 Å². The van der Waals surface area contributed by atoms with Crippen molar-refractivity contribution < 1.29 is 24.5 Å². The van der Waals surface area contributed by atoms with Gasteiger partial charge in [0.15, 0.2) is 0 Å². The van der Waals surface area contributed by atoms with Crippen molar-refractivity contribution in [2.45, 2.75) is 373 Å². The fourth-order valence-corrected chi connectivity index (χ4v) is 10.2. The summed E-state index contributed by atoms with van der Waals surface area (Å²) in [6, 6.07) is -0.550. The van der Waals surface area contributed by atoms with E-state index in [2.05, 4.69) is 31.3 Å². The van der Waals surface area contributed by atoms with Crippen molar-refractivity contribution in [1.29, 1.82) is 0 Å². The lowest BCUT2D eigenvalue weighted by atomic mass is 10.0. The molecule has 0 radical (unpaired) electrons. The van der Waals surface area contributed by atoms with Crippen molar-refractivity contribution in [1.82, 2.24) is 5.32 Å². The van der Waals surface area contributed by atoms with E-state index in [0.717, 1.165) is 51.4 Å². The first-order chi connectivity index (χ1) is 34.5. The molecule has 0 aromatic heterocycles. The summed E-state index contributed by atoms with van der Waals surface area (Å²) in [5.41, 5.74) is 0. The number of amides is 1. The Balaban J connectivity index is 3.43. The number of rotatable bonds is 60. The first-order valence-electron chi connectivity index (χ1n) is 31.9. The van der Waals surface area contributed by atoms with E-state index in [9.17, 15) is 19.8 Å². The third-order valence-corrected chi connectivity index (χ3v) is 15.1. The lowest BCUT2D eigenvalue weighted by Crippen LogP contribution is -2.45. The highest BCUT2D eigenvalue weighted by Gasteiger charge is 2.20. The molecule has 0 spiro atoms. The van der Waals surface area contributed by atoms with Crippen LogP contribution in [0.2, 0.25) is 0 Å². The van der Waals surface area contributed by atoms with E-state index in [1.54, 1.807) is 0 Å². The number of ether oxygens (including phenoxy) is 1. The molecular formula is C64H125NO5. The van der Waals surface area contributed by atoms with Gasteiger partial charge in [0.1, 0.15) is 0 Å². The lowest BCUT2D eigenvalue weighted by molar-refractivity contribution is -0.143. The molecule has 0 aliphatic carbocycles. The van der Waals surface area contributed by atoms with Crippen LogP contribution in [-0.4, -0.2) is 47.4 Å². The topological polar surface area (TPSA) is 95.9 Å². The summed E-state index contributed by atoms with van der Waals surface area (Å²) in [5, 5.41) is 23.4. The molecule has 3 N–H and O–H groups in total. The summed E-state index contributed by atoms with van der Waals surface area (Å²) in [4.78, 5) is 24.6. The van der Waals surface area contributed by atoms with Crippen molar-refractivity contribution >= 4 is 11.9 Å². The molecule has 0 rings (SSSR count). The summed E-state index contributed by atoms with van der Waals surface area (Å²) in [7, 11) is 0. The Hall–Kier alpha value is -1.40. The number of carbonyl (C=O) groups is 2. The molecule has 0 aliphatic rings. The molecule has 70 heavy (non-hydrogen) atoms. The van der Waals surface area contributed by atoms with Gasteiger partial charge in [0.25, 0.3) is 0 Å². The number of aliphatic hydroxyl groups is 2. The smallest absolute Gasteiger partial charge is 0.305 e. The van der Waals surface area contributed by atoms with Crippen LogP contribution in [0.25, 0.3) is 0 Å². The van der Waals surface area contributed by atoms with E-state index in [4.69, 9.17) is 4.74 Å². The normalized spacial score (nSPS) is 12.6. The highest BCUT2D eigenvalue weighted by atomic mass is 16.5. The van der Waals surface area contributed by atoms with Crippen LogP contribution in [0.4, 0.5) is 0 Å². The average molecular weight is 989 g/mol. The number of carbonyl (C=O) groups excluding carboxylic acids is 2. The predicted octanol–water partition coefficient (Wildman–Crippen LogP) is 20.0. The zero-order valence-electron chi connectivity index (χ0n) is 47.5. The lowest BCUT2D eigenvalue weighted by Gasteiger charge is -2.22. The molecule has 0 aromatic rings. The van der Waals surface area contributed by atoms with Gasteiger partial charge in [-0.1, -0.05) is 309 Å². The van der Waals surface area contributed by atoms with Crippen molar-refractivity contribution in [3.63, 3.8) is 0 Å². The van der Waals surface area contributed by atoms with Crippen LogP contribution in [0.3, 0.4) is 0 Å². The fraction of sp³-hybridized carbons (Fsp3) is 0.938. The molecule has 2 unspecified atom stereocenters. The number of allylic oxidation sites excluding steroid dienone is 2. The average Bonchev–Trinajstić information content (AvgIpc) is 3.36. The van der Waals surface area contributed by atoms with Gasteiger partial charge in [0.2, 0.25) is 5.91 Å². The summed E-state index contributed by atoms with van der Waals surface area (Å²) in [6.45, 7) is 4.96. The van der Waals surface area contributed by atoms with Crippen molar-refractivity contribution in [2.75, 3.05) is 13.2 Å². The molecular weight excluding hydrogens is 863 g/mol. The summed E-state index contributed by atoms with van der Waals surface area (Å²) in [5.74, 6) is -0.0495. The first-order valence-corrected chi connectivity index (χ1v) is 31.9. The summed E-state index contributed by atoms with van der Waals surface area (Å²) >= 11 is 0.